The van der Waals surface area contributed by atoms with E-state index in [-0.39, 0.29) is 12.4 Å². The molecule has 0 bridgehead atoms. The van der Waals surface area contributed by atoms with Crippen LogP contribution in [0.5, 0.6) is 0 Å². The minimum atomic E-state index is 0. The van der Waals surface area contributed by atoms with Crippen LogP contribution in [0.1, 0.15) is 0 Å². The molecule has 2 heteroatoms. The highest BCUT2D eigenvalue weighted by Crippen LogP contribution is 2.27. The van der Waals surface area contributed by atoms with Crippen LogP contribution in [0, 0.1) is 0 Å². The zero-order valence-electron chi connectivity index (χ0n) is 12.3. The van der Waals surface area contributed by atoms with Gasteiger partial charge in [0, 0.05) is 17.5 Å². The van der Waals surface area contributed by atoms with Crippen LogP contribution in [0.2, 0.25) is 0 Å². The fourth-order valence-corrected chi connectivity index (χ4v) is 3.06. The molecule has 1 aromatic heterocycles. The van der Waals surface area contributed by atoms with Gasteiger partial charge in [0.05, 0.1) is 5.56 Å². The van der Waals surface area contributed by atoms with Crippen LogP contribution in [-0.2, 0) is 7.05 Å². The second-order valence-corrected chi connectivity index (χ2v) is 5.36. The van der Waals surface area contributed by atoms with E-state index in [1.807, 2.05) is 0 Å². The molecule has 0 saturated carbocycles. The Labute approximate surface area is 136 Å². The molecule has 0 amide bonds. The van der Waals surface area contributed by atoms with Crippen molar-refractivity contribution in [2.24, 2.45) is 7.05 Å². The summed E-state index contributed by atoms with van der Waals surface area (Å²) in [5, 5.41) is 3.85. The molecule has 0 aliphatic carbocycles. The maximum atomic E-state index is 2.27. The molecule has 1 nitrogen and oxygen atoms in total. The van der Waals surface area contributed by atoms with Crippen LogP contribution >= 0.6 is 0 Å². The second kappa shape index (κ2) is 5.78. The van der Waals surface area contributed by atoms with Gasteiger partial charge in [0.1, 0.15) is 7.05 Å². The Bertz CT molecular complexity index is 955. The van der Waals surface area contributed by atoms with E-state index >= 15 is 0 Å². The largest absolute Gasteiger partial charge is 1.00 e. The quantitative estimate of drug-likeness (QED) is 0.469. The van der Waals surface area contributed by atoms with Gasteiger partial charge in [0.15, 0.2) is 0 Å². The standard InChI is InChI=1S/C20H16N.ClH/c1-21-19-12-5-3-8-16(19)13-14-20(21)18-11-6-9-15-7-2-4-10-17(15)18;/h2-14H,1H3;1H/q+1;/p-1. The number of hydrogen-bond acceptors (Lipinski definition) is 0. The number of halogens is 1. The number of pyridine rings is 1. The molecule has 0 aliphatic heterocycles. The van der Waals surface area contributed by atoms with Gasteiger partial charge in [-0.2, -0.15) is 4.57 Å². The molecule has 4 rings (SSSR count). The molecule has 0 atom stereocenters. The Morgan fingerprint density at radius 3 is 2.18 bits per heavy atom. The van der Waals surface area contributed by atoms with Crippen LogP contribution in [0.4, 0.5) is 0 Å². The third-order valence-corrected chi connectivity index (χ3v) is 4.15. The summed E-state index contributed by atoms with van der Waals surface area (Å²) in [5.41, 5.74) is 3.77. The van der Waals surface area contributed by atoms with Crippen molar-refractivity contribution in [3.8, 4) is 11.3 Å². The predicted octanol–water partition coefficient (Wildman–Crippen LogP) is 1.49. The van der Waals surface area contributed by atoms with Gasteiger partial charge in [-0.3, -0.25) is 0 Å². The van der Waals surface area contributed by atoms with Crippen molar-refractivity contribution < 1.29 is 17.0 Å². The maximum absolute atomic E-state index is 2.27. The highest BCUT2D eigenvalue weighted by molar-refractivity contribution is 5.95. The van der Waals surface area contributed by atoms with Gasteiger partial charge in [-0.15, -0.1) is 0 Å². The van der Waals surface area contributed by atoms with E-state index in [1.165, 1.54) is 32.9 Å². The van der Waals surface area contributed by atoms with E-state index in [2.05, 4.69) is 90.5 Å². The number of rotatable bonds is 1. The molecular formula is C20H16ClN. The first kappa shape index (κ1) is 14.6. The molecule has 0 spiro atoms. The van der Waals surface area contributed by atoms with Gasteiger partial charge in [-0.05, 0) is 29.0 Å². The average molecular weight is 306 g/mol. The number of para-hydroxylation sites is 1. The molecule has 0 fully saturated rings. The normalized spacial score (nSPS) is 10.6. The van der Waals surface area contributed by atoms with Gasteiger partial charge >= 0.3 is 0 Å². The summed E-state index contributed by atoms with van der Waals surface area (Å²) in [5.74, 6) is 0. The monoisotopic (exact) mass is 305 g/mol. The van der Waals surface area contributed by atoms with E-state index < -0.39 is 0 Å². The Hall–Kier alpha value is -2.38. The first-order valence-corrected chi connectivity index (χ1v) is 7.20. The molecule has 22 heavy (non-hydrogen) atoms. The minimum absolute atomic E-state index is 0. The smallest absolute Gasteiger partial charge is 0.213 e. The summed E-state index contributed by atoms with van der Waals surface area (Å²) in [6.07, 6.45) is 0. The third-order valence-electron chi connectivity index (χ3n) is 4.15. The van der Waals surface area contributed by atoms with Gasteiger partial charge < -0.3 is 12.4 Å². The van der Waals surface area contributed by atoms with Crippen molar-refractivity contribution in [3.63, 3.8) is 0 Å². The lowest BCUT2D eigenvalue weighted by molar-refractivity contribution is -0.633. The van der Waals surface area contributed by atoms with Crippen molar-refractivity contribution in [2.45, 2.75) is 0 Å². The Morgan fingerprint density at radius 1 is 0.636 bits per heavy atom. The van der Waals surface area contributed by atoms with Crippen LogP contribution in [0.15, 0.2) is 78.9 Å². The first-order chi connectivity index (χ1) is 10.3. The molecule has 0 radical (unpaired) electrons. The van der Waals surface area contributed by atoms with Crippen LogP contribution < -0.4 is 17.0 Å². The number of benzene rings is 3. The molecule has 0 saturated heterocycles. The second-order valence-electron chi connectivity index (χ2n) is 5.36. The van der Waals surface area contributed by atoms with Crippen molar-refractivity contribution in [2.75, 3.05) is 0 Å². The molecule has 3 aromatic carbocycles. The zero-order valence-corrected chi connectivity index (χ0v) is 13.1. The highest BCUT2D eigenvalue weighted by atomic mass is 35.5. The zero-order chi connectivity index (χ0) is 14.2. The lowest BCUT2D eigenvalue weighted by Crippen LogP contribution is -3.00. The van der Waals surface area contributed by atoms with E-state index in [4.69, 9.17) is 0 Å². The van der Waals surface area contributed by atoms with Crippen molar-refractivity contribution in [3.05, 3.63) is 78.9 Å². The lowest BCUT2D eigenvalue weighted by atomic mass is 10.0. The average Bonchev–Trinajstić information content (AvgIpc) is 2.55. The van der Waals surface area contributed by atoms with Gasteiger partial charge in [-0.1, -0.05) is 48.5 Å². The molecule has 0 aliphatic rings. The summed E-state index contributed by atoms with van der Waals surface area (Å²) >= 11 is 0. The van der Waals surface area contributed by atoms with Crippen LogP contribution in [0.3, 0.4) is 0 Å². The van der Waals surface area contributed by atoms with Gasteiger partial charge in [-0.25, -0.2) is 0 Å². The maximum Gasteiger partial charge on any atom is 0.213 e. The molecular weight excluding hydrogens is 290 g/mol. The summed E-state index contributed by atoms with van der Waals surface area (Å²) < 4.78 is 2.27. The van der Waals surface area contributed by atoms with Crippen molar-refractivity contribution >= 4 is 21.7 Å². The molecule has 1 heterocycles. The van der Waals surface area contributed by atoms with Crippen LogP contribution in [-0.4, -0.2) is 0 Å². The van der Waals surface area contributed by atoms with Gasteiger partial charge in [0.2, 0.25) is 11.2 Å². The summed E-state index contributed by atoms with van der Waals surface area (Å²) in [7, 11) is 2.14. The summed E-state index contributed by atoms with van der Waals surface area (Å²) in [6.45, 7) is 0. The topological polar surface area (TPSA) is 3.88 Å². The molecule has 0 N–H and O–H groups in total. The minimum Gasteiger partial charge on any atom is -1.00 e. The predicted molar refractivity (Wildman–Crippen MR) is 88.1 cm³/mol. The fraction of sp³-hybridized carbons (Fsp3) is 0.0500. The number of aromatic nitrogens is 1. The van der Waals surface area contributed by atoms with E-state index in [0.717, 1.165) is 0 Å². The fourth-order valence-electron chi connectivity index (χ4n) is 3.06. The number of aryl methyl sites for hydroxylation is 1. The highest BCUT2D eigenvalue weighted by Gasteiger charge is 2.15. The van der Waals surface area contributed by atoms with Gasteiger partial charge in [0.25, 0.3) is 0 Å². The molecule has 4 aromatic rings. The van der Waals surface area contributed by atoms with E-state index in [1.54, 1.807) is 0 Å². The number of fused-ring (bicyclic) bond motifs is 2. The van der Waals surface area contributed by atoms with Crippen LogP contribution in [0.25, 0.3) is 32.9 Å². The SMILES string of the molecule is C[n+]1c(-c2cccc3ccccc23)ccc2ccccc21.[Cl-]. The summed E-state index contributed by atoms with van der Waals surface area (Å²) in [4.78, 5) is 0. The van der Waals surface area contributed by atoms with E-state index in [9.17, 15) is 0 Å². The summed E-state index contributed by atoms with van der Waals surface area (Å²) in [6, 6.07) is 28.0. The Kier molecular flexibility index (Phi) is 3.82. The van der Waals surface area contributed by atoms with Crippen molar-refractivity contribution in [1.29, 1.82) is 0 Å². The molecule has 108 valence electrons. The Morgan fingerprint density at radius 2 is 1.32 bits per heavy atom. The molecule has 0 unspecified atom stereocenters. The van der Waals surface area contributed by atoms with Crippen molar-refractivity contribution in [1.82, 2.24) is 0 Å². The number of hydrogen-bond donors (Lipinski definition) is 0. The third kappa shape index (κ3) is 2.24. The Balaban J connectivity index is 0.00000144. The lowest BCUT2D eigenvalue weighted by Gasteiger charge is -2.07. The number of nitrogens with zero attached hydrogens (tertiary/aromatic N) is 1. The van der Waals surface area contributed by atoms with E-state index in [0.29, 0.717) is 0 Å². The first-order valence-electron chi connectivity index (χ1n) is 7.20.